The van der Waals surface area contributed by atoms with Crippen molar-refractivity contribution in [1.29, 1.82) is 0 Å². The summed E-state index contributed by atoms with van der Waals surface area (Å²) in [6, 6.07) is 11.9. The summed E-state index contributed by atoms with van der Waals surface area (Å²) in [4.78, 5) is 4.17. The number of nitrogens with two attached hydrogens (primary N) is 1. The van der Waals surface area contributed by atoms with Crippen LogP contribution >= 0.6 is 0 Å². The molecule has 0 atom stereocenters. The van der Waals surface area contributed by atoms with E-state index in [2.05, 4.69) is 34.2 Å². The highest BCUT2D eigenvalue weighted by atomic mass is 16.5. The molecule has 0 spiro atoms. The lowest BCUT2D eigenvalue weighted by Gasteiger charge is -2.12. The average molecular weight is 266 g/mol. The fraction of sp³-hybridized carbons (Fsp3) is 0.133. The number of methoxy groups -OCH3 is 1. The van der Waals surface area contributed by atoms with Crippen molar-refractivity contribution in [1.82, 2.24) is 15.2 Å². The number of nitrogen functional groups attached to an aromatic ring is 1. The van der Waals surface area contributed by atoms with Gasteiger partial charge in [-0.15, -0.1) is 10.2 Å². The van der Waals surface area contributed by atoms with Crippen LogP contribution in [0.15, 0.2) is 36.4 Å². The predicted octanol–water partition coefficient (Wildman–Crippen LogP) is 2.59. The molecule has 3 aromatic rings. The minimum atomic E-state index is 0.156. The van der Waals surface area contributed by atoms with E-state index < -0.39 is 0 Å². The summed E-state index contributed by atoms with van der Waals surface area (Å²) in [7, 11) is 1.64. The first-order valence-corrected chi connectivity index (χ1v) is 6.23. The van der Waals surface area contributed by atoms with Gasteiger partial charge >= 0.3 is 0 Å². The van der Waals surface area contributed by atoms with Gasteiger partial charge in [0, 0.05) is 11.6 Å². The van der Waals surface area contributed by atoms with Gasteiger partial charge in [0.25, 0.3) is 0 Å². The summed E-state index contributed by atoms with van der Waals surface area (Å²) in [5, 5.41) is 7.87. The summed E-state index contributed by atoms with van der Waals surface area (Å²) < 4.78 is 5.47. The molecule has 0 saturated carbocycles. The second-order valence-electron chi connectivity index (χ2n) is 4.53. The first-order chi connectivity index (χ1) is 9.69. The minimum Gasteiger partial charge on any atom is -0.496 e. The molecule has 0 radical (unpaired) electrons. The molecule has 20 heavy (non-hydrogen) atoms. The molecule has 0 aliphatic rings. The van der Waals surface area contributed by atoms with Crippen molar-refractivity contribution in [3.8, 4) is 16.9 Å². The van der Waals surface area contributed by atoms with Crippen molar-refractivity contribution < 1.29 is 4.74 Å². The van der Waals surface area contributed by atoms with Crippen LogP contribution in [0.2, 0.25) is 0 Å². The molecule has 0 unspecified atom stereocenters. The topological polar surface area (TPSA) is 73.9 Å². The number of anilines is 1. The smallest absolute Gasteiger partial charge is 0.240 e. The highest BCUT2D eigenvalue weighted by Gasteiger charge is 2.11. The van der Waals surface area contributed by atoms with Gasteiger partial charge in [0.15, 0.2) is 0 Å². The van der Waals surface area contributed by atoms with Crippen molar-refractivity contribution in [3.05, 3.63) is 42.0 Å². The Morgan fingerprint density at radius 3 is 2.55 bits per heavy atom. The molecule has 0 bridgehead atoms. The third-order valence-corrected chi connectivity index (χ3v) is 3.23. The number of hydrogen-bond donors (Lipinski definition) is 1. The lowest BCUT2D eigenvalue weighted by Crippen LogP contribution is -1.99. The molecule has 0 fully saturated rings. The van der Waals surface area contributed by atoms with Crippen LogP contribution in [0.1, 0.15) is 5.56 Å². The zero-order chi connectivity index (χ0) is 14.1. The van der Waals surface area contributed by atoms with E-state index in [-0.39, 0.29) is 5.95 Å². The van der Waals surface area contributed by atoms with Gasteiger partial charge in [0.1, 0.15) is 11.3 Å². The zero-order valence-electron chi connectivity index (χ0n) is 11.3. The van der Waals surface area contributed by atoms with Crippen molar-refractivity contribution in [2.75, 3.05) is 12.8 Å². The van der Waals surface area contributed by atoms with Crippen LogP contribution in [-0.4, -0.2) is 22.3 Å². The number of aromatic nitrogens is 3. The molecule has 1 heterocycles. The first kappa shape index (κ1) is 12.3. The number of fused-ring (bicyclic) bond motifs is 1. The van der Waals surface area contributed by atoms with Crippen LogP contribution in [0.3, 0.4) is 0 Å². The Hall–Kier alpha value is -2.69. The van der Waals surface area contributed by atoms with E-state index in [1.54, 1.807) is 7.11 Å². The van der Waals surface area contributed by atoms with E-state index in [0.717, 1.165) is 16.9 Å². The summed E-state index contributed by atoms with van der Waals surface area (Å²) in [5.74, 6) is 0.898. The second-order valence-corrected chi connectivity index (χ2v) is 4.53. The Bertz CT molecular complexity index is 786. The van der Waals surface area contributed by atoms with E-state index in [1.807, 2.05) is 24.3 Å². The molecule has 0 saturated heterocycles. The zero-order valence-corrected chi connectivity index (χ0v) is 11.3. The Balaban J connectivity index is 2.30. The van der Waals surface area contributed by atoms with Crippen molar-refractivity contribution in [3.63, 3.8) is 0 Å². The van der Waals surface area contributed by atoms with Gasteiger partial charge < -0.3 is 10.5 Å². The average Bonchev–Trinajstić information content (AvgIpc) is 2.46. The number of benzene rings is 2. The van der Waals surface area contributed by atoms with Crippen LogP contribution in [-0.2, 0) is 0 Å². The predicted molar refractivity (Wildman–Crippen MR) is 78.5 cm³/mol. The number of aryl methyl sites for hydroxylation is 1. The van der Waals surface area contributed by atoms with Gasteiger partial charge in [-0.3, -0.25) is 0 Å². The van der Waals surface area contributed by atoms with E-state index in [9.17, 15) is 0 Å². The fourth-order valence-corrected chi connectivity index (χ4v) is 2.23. The molecule has 5 heteroatoms. The molecule has 3 rings (SSSR count). The lowest BCUT2D eigenvalue weighted by molar-refractivity contribution is 0.417. The summed E-state index contributed by atoms with van der Waals surface area (Å²) in [5.41, 5.74) is 10.2. The first-order valence-electron chi connectivity index (χ1n) is 6.23. The van der Waals surface area contributed by atoms with Crippen molar-refractivity contribution in [2.45, 2.75) is 6.92 Å². The molecule has 5 nitrogen and oxygen atoms in total. The van der Waals surface area contributed by atoms with Crippen LogP contribution in [0.4, 0.5) is 5.95 Å². The maximum atomic E-state index is 5.56. The largest absolute Gasteiger partial charge is 0.496 e. The molecule has 0 amide bonds. The summed E-state index contributed by atoms with van der Waals surface area (Å²) in [6.45, 7) is 2.06. The van der Waals surface area contributed by atoms with E-state index in [1.165, 1.54) is 5.56 Å². The van der Waals surface area contributed by atoms with Crippen LogP contribution in [0, 0.1) is 6.92 Å². The molecule has 0 aliphatic heterocycles. The Labute approximate surface area is 116 Å². The summed E-state index contributed by atoms with van der Waals surface area (Å²) >= 11 is 0. The van der Waals surface area contributed by atoms with E-state index >= 15 is 0 Å². The van der Waals surface area contributed by atoms with Crippen LogP contribution < -0.4 is 10.5 Å². The second kappa shape index (κ2) is 4.77. The van der Waals surface area contributed by atoms with E-state index in [0.29, 0.717) is 11.0 Å². The van der Waals surface area contributed by atoms with Gasteiger partial charge in [-0.25, -0.2) is 4.98 Å². The molecule has 0 aliphatic carbocycles. The fourth-order valence-electron chi connectivity index (χ4n) is 2.23. The Morgan fingerprint density at radius 1 is 1.00 bits per heavy atom. The number of hydrogen-bond acceptors (Lipinski definition) is 5. The van der Waals surface area contributed by atoms with Crippen LogP contribution in [0.5, 0.6) is 5.75 Å². The SMILES string of the molecule is COc1cc2nc(N)nnc2cc1-c1ccccc1C. The Morgan fingerprint density at radius 2 is 1.80 bits per heavy atom. The molecule has 100 valence electrons. The molecule has 2 N–H and O–H groups in total. The van der Waals surface area contributed by atoms with Crippen molar-refractivity contribution in [2.24, 2.45) is 0 Å². The molecular weight excluding hydrogens is 252 g/mol. The third-order valence-electron chi connectivity index (χ3n) is 3.23. The van der Waals surface area contributed by atoms with E-state index in [4.69, 9.17) is 10.5 Å². The third kappa shape index (κ3) is 2.03. The lowest BCUT2D eigenvalue weighted by atomic mass is 9.99. The highest BCUT2D eigenvalue weighted by Crippen LogP contribution is 2.34. The molecular formula is C15H14N4O. The van der Waals surface area contributed by atoms with Gasteiger partial charge in [-0.2, -0.15) is 0 Å². The van der Waals surface area contributed by atoms with Gasteiger partial charge in [-0.05, 0) is 24.1 Å². The maximum Gasteiger partial charge on any atom is 0.240 e. The normalized spacial score (nSPS) is 10.7. The quantitative estimate of drug-likeness (QED) is 0.771. The van der Waals surface area contributed by atoms with Crippen LogP contribution in [0.25, 0.3) is 22.2 Å². The number of rotatable bonds is 2. The monoisotopic (exact) mass is 266 g/mol. The summed E-state index contributed by atoms with van der Waals surface area (Å²) in [6.07, 6.45) is 0. The van der Waals surface area contributed by atoms with Gasteiger partial charge in [0.05, 0.1) is 12.6 Å². The van der Waals surface area contributed by atoms with Gasteiger partial charge in [-0.1, -0.05) is 24.3 Å². The standard InChI is InChI=1S/C15H14N4O/c1-9-5-3-4-6-10(9)11-7-13-12(8-14(11)20-2)17-15(16)19-18-13/h3-8H,1-2H3,(H2,16,17,19). The minimum absolute atomic E-state index is 0.156. The molecule has 1 aromatic heterocycles. The van der Waals surface area contributed by atoms with Crippen molar-refractivity contribution >= 4 is 17.0 Å². The number of ether oxygens (including phenoxy) is 1. The highest BCUT2D eigenvalue weighted by molar-refractivity contribution is 5.86. The van der Waals surface area contributed by atoms with Gasteiger partial charge in [0.2, 0.25) is 5.95 Å². The molecule has 2 aromatic carbocycles. The number of nitrogens with zero attached hydrogens (tertiary/aromatic N) is 3. The maximum absolute atomic E-state index is 5.56. The Kier molecular flexibility index (Phi) is 2.95.